The first-order chi connectivity index (χ1) is 7.24. The van der Waals surface area contributed by atoms with Crippen molar-refractivity contribution in [2.75, 3.05) is 18.9 Å². The van der Waals surface area contributed by atoms with Gasteiger partial charge in [0.25, 0.3) is 0 Å². The van der Waals surface area contributed by atoms with Gasteiger partial charge in [0.2, 0.25) is 0 Å². The van der Waals surface area contributed by atoms with Crippen LogP contribution in [0.25, 0.3) is 0 Å². The molecule has 1 aromatic rings. The van der Waals surface area contributed by atoms with Crippen molar-refractivity contribution in [2.45, 2.75) is 19.3 Å². The number of hydrogen-bond acceptors (Lipinski definition) is 2. The summed E-state index contributed by atoms with van der Waals surface area (Å²) in [5, 5.41) is 0.733. The second kappa shape index (κ2) is 4.86. The van der Waals surface area contributed by atoms with Crippen LogP contribution in [0.3, 0.4) is 0 Å². The first-order valence-electron chi connectivity index (χ1n) is 5.37. The summed E-state index contributed by atoms with van der Waals surface area (Å²) in [4.78, 5) is 0. The second-order valence-corrected chi connectivity index (χ2v) is 4.59. The van der Waals surface area contributed by atoms with Gasteiger partial charge in [0.15, 0.2) is 0 Å². The lowest BCUT2D eigenvalue weighted by Crippen LogP contribution is -2.17. The number of anilines is 1. The number of benzene rings is 1. The molecule has 0 amide bonds. The summed E-state index contributed by atoms with van der Waals surface area (Å²) < 4.78 is 5.33. The summed E-state index contributed by atoms with van der Waals surface area (Å²) >= 11 is 5.96. The maximum atomic E-state index is 5.96. The Bertz CT molecular complexity index is 314. The molecule has 1 fully saturated rings. The fraction of sp³-hybridized carbons (Fsp3) is 0.500. The summed E-state index contributed by atoms with van der Waals surface area (Å²) in [6.45, 7) is 1.78. The van der Waals surface area contributed by atoms with Crippen LogP contribution in [0.15, 0.2) is 18.2 Å². The number of nitrogens with two attached hydrogens (primary N) is 1. The first-order valence-corrected chi connectivity index (χ1v) is 5.74. The molecular formula is C12H16ClNO. The highest BCUT2D eigenvalue weighted by atomic mass is 35.5. The molecule has 0 radical (unpaired) electrons. The molecule has 15 heavy (non-hydrogen) atoms. The average Bonchev–Trinajstić information content (AvgIpc) is 2.17. The van der Waals surface area contributed by atoms with Crippen molar-refractivity contribution in [3.05, 3.63) is 28.8 Å². The summed E-state index contributed by atoms with van der Waals surface area (Å²) in [7, 11) is 0. The fourth-order valence-electron chi connectivity index (χ4n) is 2.08. The van der Waals surface area contributed by atoms with E-state index in [1.54, 1.807) is 6.07 Å². The third-order valence-electron chi connectivity index (χ3n) is 2.85. The van der Waals surface area contributed by atoms with E-state index in [0.717, 1.165) is 49.1 Å². The van der Waals surface area contributed by atoms with Crippen LogP contribution >= 0.6 is 11.6 Å². The number of ether oxygens (including phenoxy) is 1. The molecule has 1 aliphatic rings. The second-order valence-electron chi connectivity index (χ2n) is 4.15. The SMILES string of the molecule is Nc1cc(Cl)cc(CC2CCOCC2)c1. The highest BCUT2D eigenvalue weighted by Crippen LogP contribution is 2.23. The zero-order valence-corrected chi connectivity index (χ0v) is 9.46. The molecule has 0 bridgehead atoms. The predicted octanol–water partition coefficient (Wildman–Crippen LogP) is 2.89. The largest absolute Gasteiger partial charge is 0.399 e. The standard InChI is InChI=1S/C12H16ClNO/c13-11-6-10(7-12(14)8-11)5-9-1-3-15-4-2-9/h6-9H,1-5,14H2. The van der Waals surface area contributed by atoms with Gasteiger partial charge in [-0.05, 0) is 48.9 Å². The van der Waals surface area contributed by atoms with Gasteiger partial charge in [-0.3, -0.25) is 0 Å². The van der Waals surface area contributed by atoms with Crippen LogP contribution in [0.5, 0.6) is 0 Å². The van der Waals surface area contributed by atoms with Crippen molar-refractivity contribution in [1.82, 2.24) is 0 Å². The lowest BCUT2D eigenvalue weighted by molar-refractivity contribution is 0.0665. The van der Waals surface area contributed by atoms with E-state index >= 15 is 0 Å². The smallest absolute Gasteiger partial charge is 0.0468 e. The molecule has 0 saturated carbocycles. The summed E-state index contributed by atoms with van der Waals surface area (Å²) in [5.74, 6) is 0.719. The van der Waals surface area contributed by atoms with Crippen LogP contribution in [-0.4, -0.2) is 13.2 Å². The molecule has 2 rings (SSSR count). The molecule has 3 heteroatoms. The van der Waals surface area contributed by atoms with Crippen LogP contribution in [-0.2, 0) is 11.2 Å². The number of rotatable bonds is 2. The van der Waals surface area contributed by atoms with Crippen molar-refractivity contribution >= 4 is 17.3 Å². The summed E-state index contributed by atoms with van der Waals surface area (Å²) in [6.07, 6.45) is 3.35. The van der Waals surface area contributed by atoms with E-state index in [2.05, 4.69) is 0 Å². The van der Waals surface area contributed by atoms with Crippen LogP contribution in [0.2, 0.25) is 5.02 Å². The Balaban J connectivity index is 2.02. The molecule has 82 valence electrons. The van der Waals surface area contributed by atoms with E-state index in [-0.39, 0.29) is 0 Å². The van der Waals surface area contributed by atoms with E-state index in [1.807, 2.05) is 12.1 Å². The third kappa shape index (κ3) is 3.11. The van der Waals surface area contributed by atoms with Crippen LogP contribution in [0.4, 0.5) is 5.69 Å². The van der Waals surface area contributed by atoms with Gasteiger partial charge in [-0.2, -0.15) is 0 Å². The van der Waals surface area contributed by atoms with Gasteiger partial charge in [-0.15, -0.1) is 0 Å². The molecule has 0 unspecified atom stereocenters. The zero-order valence-electron chi connectivity index (χ0n) is 8.71. The molecule has 1 saturated heterocycles. The Hall–Kier alpha value is -0.730. The van der Waals surface area contributed by atoms with E-state index in [4.69, 9.17) is 22.1 Å². The van der Waals surface area contributed by atoms with Crippen LogP contribution in [0.1, 0.15) is 18.4 Å². The molecule has 1 aliphatic heterocycles. The van der Waals surface area contributed by atoms with Gasteiger partial charge < -0.3 is 10.5 Å². The van der Waals surface area contributed by atoms with Crippen molar-refractivity contribution in [3.63, 3.8) is 0 Å². The third-order valence-corrected chi connectivity index (χ3v) is 3.06. The quantitative estimate of drug-likeness (QED) is 0.786. The maximum Gasteiger partial charge on any atom is 0.0468 e. The molecule has 0 atom stereocenters. The van der Waals surface area contributed by atoms with Crippen molar-refractivity contribution in [3.8, 4) is 0 Å². The van der Waals surface area contributed by atoms with Crippen molar-refractivity contribution in [1.29, 1.82) is 0 Å². The monoisotopic (exact) mass is 225 g/mol. The summed E-state index contributed by atoms with van der Waals surface area (Å²) in [6, 6.07) is 5.81. The normalized spacial score (nSPS) is 17.9. The Morgan fingerprint density at radius 2 is 2.00 bits per heavy atom. The molecule has 0 aliphatic carbocycles. The van der Waals surface area contributed by atoms with Gasteiger partial charge in [-0.25, -0.2) is 0 Å². The van der Waals surface area contributed by atoms with Crippen LogP contribution in [0, 0.1) is 5.92 Å². The molecule has 1 aromatic carbocycles. The average molecular weight is 226 g/mol. The zero-order chi connectivity index (χ0) is 10.7. The highest BCUT2D eigenvalue weighted by molar-refractivity contribution is 6.30. The highest BCUT2D eigenvalue weighted by Gasteiger charge is 2.14. The molecule has 0 aromatic heterocycles. The Morgan fingerprint density at radius 1 is 1.27 bits per heavy atom. The Morgan fingerprint density at radius 3 is 2.67 bits per heavy atom. The fourth-order valence-corrected chi connectivity index (χ4v) is 2.34. The van der Waals surface area contributed by atoms with E-state index < -0.39 is 0 Å². The van der Waals surface area contributed by atoms with Gasteiger partial charge in [0.1, 0.15) is 0 Å². The molecule has 1 heterocycles. The van der Waals surface area contributed by atoms with E-state index in [1.165, 1.54) is 5.56 Å². The number of halogens is 1. The minimum absolute atomic E-state index is 0.719. The van der Waals surface area contributed by atoms with Gasteiger partial charge in [0.05, 0.1) is 0 Å². The van der Waals surface area contributed by atoms with Crippen LogP contribution < -0.4 is 5.73 Å². The van der Waals surface area contributed by atoms with Crippen molar-refractivity contribution < 1.29 is 4.74 Å². The number of nitrogen functional groups attached to an aromatic ring is 1. The molecule has 2 nitrogen and oxygen atoms in total. The molecular weight excluding hydrogens is 210 g/mol. The lowest BCUT2D eigenvalue weighted by Gasteiger charge is -2.22. The molecule has 0 spiro atoms. The van der Waals surface area contributed by atoms with Gasteiger partial charge >= 0.3 is 0 Å². The Labute approximate surface area is 95.4 Å². The van der Waals surface area contributed by atoms with E-state index in [0.29, 0.717) is 0 Å². The minimum atomic E-state index is 0.719. The number of hydrogen-bond donors (Lipinski definition) is 1. The van der Waals surface area contributed by atoms with Gasteiger partial charge in [-0.1, -0.05) is 11.6 Å². The molecule has 2 N–H and O–H groups in total. The lowest BCUT2D eigenvalue weighted by atomic mass is 9.92. The summed E-state index contributed by atoms with van der Waals surface area (Å²) in [5.41, 5.74) is 7.75. The first kappa shape index (κ1) is 10.8. The van der Waals surface area contributed by atoms with Crippen molar-refractivity contribution in [2.24, 2.45) is 5.92 Å². The predicted molar refractivity (Wildman–Crippen MR) is 63.1 cm³/mol. The minimum Gasteiger partial charge on any atom is -0.399 e. The van der Waals surface area contributed by atoms with E-state index in [9.17, 15) is 0 Å². The topological polar surface area (TPSA) is 35.2 Å². The maximum absolute atomic E-state index is 5.96. The Kier molecular flexibility index (Phi) is 3.49. The van der Waals surface area contributed by atoms with Gasteiger partial charge in [0, 0.05) is 23.9 Å².